The van der Waals surface area contributed by atoms with Gasteiger partial charge in [0.05, 0.1) is 12.1 Å². The van der Waals surface area contributed by atoms with Crippen molar-refractivity contribution in [1.29, 1.82) is 0 Å². The zero-order valence-electron chi connectivity index (χ0n) is 19.1. The Morgan fingerprint density at radius 3 is 2.65 bits per heavy atom. The van der Waals surface area contributed by atoms with Crippen molar-refractivity contribution >= 4 is 28.5 Å². The number of carboxylic acids is 1. The van der Waals surface area contributed by atoms with E-state index in [-0.39, 0.29) is 0 Å². The third kappa shape index (κ3) is 5.35. The second-order valence-electron chi connectivity index (χ2n) is 8.16. The van der Waals surface area contributed by atoms with Gasteiger partial charge < -0.3 is 24.9 Å². The van der Waals surface area contributed by atoms with Gasteiger partial charge in [-0.1, -0.05) is 54.1 Å². The smallest absolute Gasteiger partial charge is 0.321 e. The lowest BCUT2D eigenvalue weighted by atomic mass is 10.0. The summed E-state index contributed by atoms with van der Waals surface area (Å²) in [4.78, 5) is 15.1. The number of H-pyrrole nitrogens is 1. The first-order valence-corrected chi connectivity index (χ1v) is 11.4. The number of aliphatic carboxylic acids is 1. The van der Waals surface area contributed by atoms with E-state index >= 15 is 0 Å². The van der Waals surface area contributed by atoms with E-state index in [9.17, 15) is 9.90 Å². The molecule has 6 nitrogen and oxygen atoms in total. The number of carboxylic acid groups (broad SMARTS) is 1. The molecule has 1 heterocycles. The number of fused-ring (bicyclic) bond motifs is 1. The van der Waals surface area contributed by atoms with Crippen LogP contribution >= 0.6 is 11.6 Å². The lowest BCUT2D eigenvalue weighted by Gasteiger charge is -2.17. The molecule has 3 N–H and O–H groups in total. The minimum absolute atomic E-state index is 0.313. The number of aromatic nitrogens is 1. The second kappa shape index (κ2) is 10.6. The number of ether oxygens (including phenoxy) is 2. The van der Waals surface area contributed by atoms with Crippen LogP contribution in [0.3, 0.4) is 0 Å². The van der Waals surface area contributed by atoms with Crippen molar-refractivity contribution in [3.63, 3.8) is 0 Å². The molecule has 0 unspecified atom stereocenters. The molecule has 0 aliphatic carbocycles. The zero-order chi connectivity index (χ0) is 24.1. The molecule has 1 aromatic heterocycles. The fourth-order valence-corrected chi connectivity index (χ4v) is 4.23. The van der Waals surface area contributed by atoms with E-state index in [1.165, 1.54) is 0 Å². The molecule has 176 valence electrons. The lowest BCUT2D eigenvalue weighted by Crippen LogP contribution is -2.38. The predicted molar refractivity (Wildman–Crippen MR) is 134 cm³/mol. The van der Waals surface area contributed by atoms with Crippen LogP contribution in [-0.4, -0.2) is 29.2 Å². The van der Waals surface area contributed by atoms with Gasteiger partial charge >= 0.3 is 5.97 Å². The standard InChI is InChI=1S/C27H27ClN2O4/c1-17-7-3-4-8-19(17)16-34-26-22(28)11-18(12-25(26)33-2)14-29-24(27(31)32)13-20-15-30-23-10-6-5-9-21(20)23/h3-12,15,24,29-30H,13-14,16H2,1-2H3,(H,31,32)/t24-/m1/s1. The Bertz CT molecular complexity index is 1300. The Morgan fingerprint density at radius 1 is 1.12 bits per heavy atom. The van der Waals surface area contributed by atoms with Gasteiger partial charge in [-0.3, -0.25) is 4.79 Å². The Kier molecular flexibility index (Phi) is 7.40. The van der Waals surface area contributed by atoms with Crippen LogP contribution in [0.4, 0.5) is 0 Å². The van der Waals surface area contributed by atoms with Crippen molar-refractivity contribution in [2.75, 3.05) is 7.11 Å². The van der Waals surface area contributed by atoms with Crippen LogP contribution in [0.2, 0.25) is 5.02 Å². The van der Waals surface area contributed by atoms with Crippen molar-refractivity contribution in [1.82, 2.24) is 10.3 Å². The first-order valence-electron chi connectivity index (χ1n) is 11.0. The van der Waals surface area contributed by atoms with Crippen molar-refractivity contribution in [2.45, 2.75) is 32.5 Å². The molecule has 1 atom stereocenters. The van der Waals surface area contributed by atoms with Gasteiger partial charge in [-0.15, -0.1) is 0 Å². The maximum atomic E-state index is 11.9. The van der Waals surface area contributed by atoms with Gasteiger partial charge in [0, 0.05) is 30.1 Å². The summed E-state index contributed by atoms with van der Waals surface area (Å²) < 4.78 is 11.5. The van der Waals surface area contributed by atoms with Gasteiger partial charge in [0.25, 0.3) is 0 Å². The highest BCUT2D eigenvalue weighted by molar-refractivity contribution is 6.32. The van der Waals surface area contributed by atoms with Gasteiger partial charge in [-0.2, -0.15) is 0 Å². The van der Waals surface area contributed by atoms with E-state index in [4.69, 9.17) is 21.1 Å². The Balaban J connectivity index is 1.46. The molecule has 7 heteroatoms. The molecule has 0 aliphatic rings. The van der Waals surface area contributed by atoms with Gasteiger partial charge in [-0.25, -0.2) is 0 Å². The van der Waals surface area contributed by atoms with E-state index in [2.05, 4.69) is 10.3 Å². The largest absolute Gasteiger partial charge is 0.493 e. The third-order valence-electron chi connectivity index (χ3n) is 5.87. The average Bonchev–Trinajstić information content (AvgIpc) is 3.24. The summed E-state index contributed by atoms with van der Waals surface area (Å²) in [5.41, 5.74) is 4.93. The molecular formula is C27H27ClN2O4. The molecule has 0 bridgehead atoms. The van der Waals surface area contributed by atoms with E-state index in [1.807, 2.05) is 67.7 Å². The summed E-state index contributed by atoms with van der Waals surface area (Å²) in [5.74, 6) is 0.0488. The summed E-state index contributed by atoms with van der Waals surface area (Å²) in [5, 5.41) is 14.3. The van der Waals surface area contributed by atoms with Crippen LogP contribution in [0.15, 0.2) is 66.9 Å². The van der Waals surface area contributed by atoms with Crippen LogP contribution < -0.4 is 14.8 Å². The number of halogens is 1. The number of rotatable bonds is 10. The number of aromatic amines is 1. The van der Waals surface area contributed by atoms with Gasteiger partial charge in [0.15, 0.2) is 11.5 Å². The monoisotopic (exact) mass is 478 g/mol. The molecule has 0 radical (unpaired) electrons. The molecular weight excluding hydrogens is 452 g/mol. The third-order valence-corrected chi connectivity index (χ3v) is 6.15. The van der Waals surface area contributed by atoms with Gasteiger partial charge in [0.1, 0.15) is 12.6 Å². The fourth-order valence-electron chi connectivity index (χ4n) is 3.95. The summed E-state index contributed by atoms with van der Waals surface area (Å²) in [6.07, 6.45) is 2.21. The first kappa shape index (κ1) is 23.7. The first-order chi connectivity index (χ1) is 16.5. The van der Waals surface area contributed by atoms with Crippen LogP contribution in [-0.2, 0) is 24.4 Å². The number of benzene rings is 3. The molecule has 0 saturated heterocycles. The number of hydrogen-bond donors (Lipinski definition) is 3. The quantitative estimate of drug-likeness (QED) is 0.280. The molecule has 0 fully saturated rings. The number of carbonyl (C=O) groups is 1. The van der Waals surface area contributed by atoms with Crippen molar-refractivity contribution in [3.05, 3.63) is 94.1 Å². The molecule has 4 aromatic rings. The van der Waals surface area contributed by atoms with Crippen LogP contribution in [0, 0.1) is 6.92 Å². The zero-order valence-corrected chi connectivity index (χ0v) is 19.9. The number of para-hydroxylation sites is 1. The molecule has 3 aromatic carbocycles. The van der Waals surface area contributed by atoms with Crippen LogP contribution in [0.1, 0.15) is 22.3 Å². The fraction of sp³-hybridized carbons (Fsp3) is 0.222. The molecule has 0 spiro atoms. The Hall–Kier alpha value is -3.48. The highest BCUT2D eigenvalue weighted by atomic mass is 35.5. The van der Waals surface area contributed by atoms with E-state index in [1.54, 1.807) is 13.2 Å². The van der Waals surface area contributed by atoms with Crippen molar-refractivity contribution < 1.29 is 19.4 Å². The average molecular weight is 479 g/mol. The Morgan fingerprint density at radius 2 is 1.88 bits per heavy atom. The number of hydrogen-bond acceptors (Lipinski definition) is 4. The molecule has 0 amide bonds. The number of nitrogens with one attached hydrogen (secondary N) is 2. The number of aryl methyl sites for hydroxylation is 1. The maximum absolute atomic E-state index is 11.9. The number of methoxy groups -OCH3 is 1. The van der Waals surface area contributed by atoms with E-state index in [0.29, 0.717) is 36.1 Å². The Labute approximate surface area is 203 Å². The summed E-state index contributed by atoms with van der Waals surface area (Å²) in [6, 6.07) is 18.7. The summed E-state index contributed by atoms with van der Waals surface area (Å²) >= 11 is 6.52. The van der Waals surface area contributed by atoms with Crippen LogP contribution in [0.25, 0.3) is 10.9 Å². The minimum Gasteiger partial charge on any atom is -0.493 e. The predicted octanol–water partition coefficient (Wildman–Crippen LogP) is 5.50. The molecule has 0 aliphatic heterocycles. The maximum Gasteiger partial charge on any atom is 0.321 e. The topological polar surface area (TPSA) is 83.6 Å². The molecule has 4 rings (SSSR count). The normalized spacial score (nSPS) is 12.0. The SMILES string of the molecule is COc1cc(CN[C@H](Cc2c[nH]c3ccccc23)C(=O)O)cc(Cl)c1OCc1ccccc1C. The van der Waals surface area contributed by atoms with Crippen LogP contribution in [0.5, 0.6) is 11.5 Å². The van der Waals surface area contributed by atoms with Gasteiger partial charge in [-0.05, 0) is 47.4 Å². The minimum atomic E-state index is -0.915. The van der Waals surface area contributed by atoms with Crippen molar-refractivity contribution in [2.24, 2.45) is 0 Å². The summed E-state index contributed by atoms with van der Waals surface area (Å²) in [6.45, 7) is 2.71. The lowest BCUT2D eigenvalue weighted by molar-refractivity contribution is -0.139. The second-order valence-corrected chi connectivity index (χ2v) is 8.57. The molecule has 34 heavy (non-hydrogen) atoms. The summed E-state index contributed by atoms with van der Waals surface area (Å²) in [7, 11) is 1.56. The highest BCUT2D eigenvalue weighted by Gasteiger charge is 2.20. The van der Waals surface area contributed by atoms with E-state index < -0.39 is 12.0 Å². The van der Waals surface area contributed by atoms with Gasteiger partial charge in [0.2, 0.25) is 0 Å². The highest BCUT2D eigenvalue weighted by Crippen LogP contribution is 2.37. The van der Waals surface area contributed by atoms with Crippen molar-refractivity contribution in [3.8, 4) is 11.5 Å². The van der Waals surface area contributed by atoms with E-state index in [0.717, 1.165) is 33.2 Å². The molecule has 0 saturated carbocycles.